The standard InChI is InChI=1S/C22H27NO2.C13H18BrNO.C13H19NO2.C11H15NO.C9H10O.C2H5BrO.CH2O3.2K.H/c1-2-7-19(8-3-1)25-20-12-14-23(15-13-20)16-17-24-22-11-10-18-6-4-5-9-21(18)22;14-8-11-15-9-6-13(7-10-15)16-12-4-2-1-3-5-12;15-11-10-14-8-6-13(7-9-14)16-12-4-2-1-3-5-12;1-2-4-10(5-3-1)13-11-6-8-12-9-7-11;10-9-6-5-7-3-1-2-4-8(7)9;3-1-2-4;2-1-4-3;;;/h1-9,20,22H,10-17H2;1-5,13H,6-11H2;1-5,13,15H,6-11H2;1-5,11-12H,6-9H2;1-4,9-10H,5-6H2;4H,1-2H2;1,3H;;;/q;;;;;;;2*+1;-1/p-1/t22-;;;;9-;;;;;/m0...0...../s1. The Morgan fingerprint density at radius 1 is 0.467 bits per heavy atom. The van der Waals surface area contributed by atoms with E-state index in [4.69, 9.17) is 43.9 Å². The van der Waals surface area contributed by atoms with Gasteiger partial charge < -0.3 is 70.6 Å². The molecule has 2 atom stereocenters. The molecule has 4 aliphatic heterocycles. The molecule has 0 radical (unpaired) electrons. The van der Waals surface area contributed by atoms with Crippen LogP contribution in [0.5, 0.6) is 23.0 Å². The summed E-state index contributed by atoms with van der Waals surface area (Å²) in [6.07, 6.45) is 14.6. The SMILES string of the molecule is BrCCN1CCC(Oc2ccccc2)CC1.O=CO[O-].OCCBr.OCCN1CCC(Oc2ccccc2)CC1.O[C@H]1CCc2ccccc21.[H-].[K+].[K+].c1ccc(OC2CCN(CCO[C@H]3CCc4ccccc43)CC2)cc1.c1ccc(OC2CCNCC2)cc1. The quantitative estimate of drug-likeness (QED) is 0.0294. The number of hydrogen-bond acceptors (Lipinski definition) is 15. The van der Waals surface area contributed by atoms with Crippen molar-refractivity contribution in [3.63, 3.8) is 0 Å². The molecular formula is C71H96Br2K2N4O11. The van der Waals surface area contributed by atoms with E-state index < -0.39 is 0 Å². The number of ether oxygens (including phenoxy) is 5. The van der Waals surface area contributed by atoms with Crippen molar-refractivity contribution in [1.82, 2.24) is 20.0 Å². The Morgan fingerprint density at radius 2 is 0.811 bits per heavy atom. The zero-order valence-corrected chi connectivity index (χ0v) is 62.6. The minimum Gasteiger partial charge on any atom is -1.00 e. The van der Waals surface area contributed by atoms with Gasteiger partial charge in [-0.15, -0.1) is 0 Å². The van der Waals surface area contributed by atoms with E-state index in [9.17, 15) is 5.11 Å². The summed E-state index contributed by atoms with van der Waals surface area (Å²) in [5.41, 5.74) is 5.31. The fourth-order valence-electron chi connectivity index (χ4n) is 11.2. The third-order valence-electron chi connectivity index (χ3n) is 15.9. The molecule has 4 saturated heterocycles. The van der Waals surface area contributed by atoms with Gasteiger partial charge in [0.2, 0.25) is 0 Å². The van der Waals surface area contributed by atoms with Gasteiger partial charge in [-0.05, 0) is 161 Å². The fraction of sp³-hybridized carbons (Fsp3) is 0.479. The minimum atomic E-state index is -0.198. The van der Waals surface area contributed by atoms with E-state index in [0.717, 1.165) is 190 Å². The number of rotatable bonds is 18. The van der Waals surface area contributed by atoms with Crippen molar-refractivity contribution >= 4 is 38.3 Å². The number of aliphatic hydroxyl groups excluding tert-OH is 3. The first-order valence-electron chi connectivity index (χ1n) is 31.6. The molecule has 6 aliphatic rings. The number of nitrogens with one attached hydrogen (secondary N) is 1. The van der Waals surface area contributed by atoms with Crippen LogP contribution in [0.15, 0.2) is 170 Å². The predicted octanol–water partition coefficient (Wildman–Crippen LogP) is 5.09. The third-order valence-corrected chi connectivity index (χ3v) is 16.6. The fourth-order valence-corrected chi connectivity index (χ4v) is 11.7. The Labute approximate surface area is 639 Å². The molecule has 2 aliphatic carbocycles. The molecule has 90 heavy (non-hydrogen) atoms. The second kappa shape index (κ2) is 50.3. The van der Waals surface area contributed by atoms with Gasteiger partial charge in [0, 0.05) is 69.6 Å². The average molecular weight is 1420 g/mol. The molecule has 0 spiro atoms. The van der Waals surface area contributed by atoms with E-state index in [0.29, 0.717) is 35.8 Å². The molecule has 0 unspecified atom stereocenters. The second-order valence-corrected chi connectivity index (χ2v) is 23.7. The monoisotopic (exact) mass is 1420 g/mol. The largest absolute Gasteiger partial charge is 1.00 e. The molecule has 15 nitrogen and oxygen atoms in total. The van der Waals surface area contributed by atoms with E-state index in [1.54, 1.807) is 0 Å². The van der Waals surface area contributed by atoms with Gasteiger partial charge in [-0.3, -0.25) is 4.79 Å². The smallest absolute Gasteiger partial charge is 1.00 e. The van der Waals surface area contributed by atoms with Crippen molar-refractivity contribution in [2.75, 3.05) is 102 Å². The Morgan fingerprint density at radius 3 is 1.19 bits per heavy atom. The number of aliphatic hydroxyl groups is 3. The molecule has 4 heterocycles. The van der Waals surface area contributed by atoms with E-state index in [2.05, 4.69) is 87.1 Å². The van der Waals surface area contributed by atoms with Crippen LogP contribution in [0, 0.1) is 0 Å². The molecule has 482 valence electrons. The number of carbonyl (C=O) groups excluding carboxylic acids is 1. The van der Waals surface area contributed by atoms with Gasteiger partial charge in [-0.25, -0.2) is 0 Å². The van der Waals surface area contributed by atoms with Crippen molar-refractivity contribution in [3.05, 3.63) is 192 Å². The molecule has 0 aromatic heterocycles. The first-order chi connectivity index (χ1) is 43.3. The van der Waals surface area contributed by atoms with Crippen LogP contribution in [0.4, 0.5) is 0 Å². The maximum absolute atomic E-state index is 9.38. The molecule has 19 heteroatoms. The number of carbonyl (C=O) groups is 1. The number of fused-ring (bicyclic) bond motifs is 2. The summed E-state index contributed by atoms with van der Waals surface area (Å²) < 4.78 is 29.9. The van der Waals surface area contributed by atoms with Crippen LogP contribution < -0.4 is 132 Å². The van der Waals surface area contributed by atoms with E-state index in [1.165, 1.54) is 16.7 Å². The number of aryl methyl sites for hydroxylation is 2. The number of hydrogen-bond donors (Lipinski definition) is 4. The minimum absolute atomic E-state index is 0. The first-order valence-corrected chi connectivity index (χ1v) is 33.8. The van der Waals surface area contributed by atoms with Gasteiger partial charge in [0.1, 0.15) is 47.4 Å². The molecule has 0 saturated carbocycles. The first kappa shape index (κ1) is 80.3. The van der Waals surface area contributed by atoms with Crippen LogP contribution in [0.2, 0.25) is 0 Å². The molecule has 4 fully saturated rings. The Kier molecular flexibility index (Phi) is 44.9. The summed E-state index contributed by atoms with van der Waals surface area (Å²) >= 11 is 6.48. The number of halogens is 2. The number of benzene rings is 6. The maximum Gasteiger partial charge on any atom is 1.00 e. The van der Waals surface area contributed by atoms with Crippen molar-refractivity contribution in [3.8, 4) is 23.0 Å². The van der Waals surface area contributed by atoms with Crippen molar-refractivity contribution < 1.29 is 158 Å². The summed E-state index contributed by atoms with van der Waals surface area (Å²) in [5.74, 6) is 3.95. The zero-order valence-electron chi connectivity index (χ0n) is 54.2. The molecule has 0 amide bonds. The number of piperidine rings is 4. The number of likely N-dealkylation sites (tertiary alicyclic amines) is 3. The number of nitrogens with zero attached hydrogens (tertiary/aromatic N) is 3. The number of β-amino-alcohol motifs (C(OH)–C–C–N with tert-alkyl or cyclic N) is 1. The third kappa shape index (κ3) is 32.5. The van der Waals surface area contributed by atoms with Crippen molar-refractivity contribution in [1.29, 1.82) is 0 Å². The van der Waals surface area contributed by atoms with Crippen LogP contribution in [-0.4, -0.2) is 163 Å². The molecule has 12 rings (SSSR count). The Hall–Kier alpha value is -2.14. The molecule has 4 N–H and O–H groups in total. The van der Waals surface area contributed by atoms with Crippen molar-refractivity contribution in [2.24, 2.45) is 0 Å². The van der Waals surface area contributed by atoms with E-state index in [-0.39, 0.29) is 130 Å². The van der Waals surface area contributed by atoms with Crippen LogP contribution in [0.3, 0.4) is 0 Å². The number of alkyl halides is 2. The summed E-state index contributed by atoms with van der Waals surface area (Å²) in [6, 6.07) is 57.2. The maximum atomic E-state index is 9.38. The molecule has 6 aromatic rings. The molecule has 0 bridgehead atoms. The summed E-state index contributed by atoms with van der Waals surface area (Å²) in [6.45, 7) is 12.8. The molecular weight excluding hydrogens is 1320 g/mol. The average Bonchev–Trinajstić information content (AvgIpc) is 2.32. The van der Waals surface area contributed by atoms with Gasteiger partial charge in [-0.2, -0.15) is 0 Å². The molecule has 6 aromatic carbocycles. The van der Waals surface area contributed by atoms with Crippen LogP contribution in [-0.2, 0) is 27.3 Å². The van der Waals surface area contributed by atoms with Crippen molar-refractivity contribution in [2.45, 2.75) is 114 Å². The zero-order chi connectivity index (χ0) is 62.1. The predicted molar refractivity (Wildman–Crippen MR) is 356 cm³/mol. The Balaban J connectivity index is 0.000000293. The second-order valence-electron chi connectivity index (χ2n) is 22.2. The normalized spacial score (nSPS) is 18.2. The Bertz CT molecular complexity index is 2620. The number of para-hydroxylation sites is 4. The topological polar surface area (TPSA) is 178 Å². The summed E-state index contributed by atoms with van der Waals surface area (Å²) in [7, 11) is 0. The van der Waals surface area contributed by atoms with E-state index in [1.807, 2.05) is 140 Å². The van der Waals surface area contributed by atoms with Crippen LogP contribution in [0.1, 0.15) is 100 Å². The van der Waals surface area contributed by atoms with Crippen LogP contribution in [0.25, 0.3) is 0 Å². The summed E-state index contributed by atoms with van der Waals surface area (Å²) in [4.78, 5) is 18.5. The van der Waals surface area contributed by atoms with Gasteiger partial charge >= 0.3 is 103 Å². The van der Waals surface area contributed by atoms with Gasteiger partial charge in [-0.1, -0.05) is 153 Å². The van der Waals surface area contributed by atoms with Gasteiger partial charge in [0.05, 0.1) is 32.0 Å². The van der Waals surface area contributed by atoms with E-state index >= 15 is 0 Å². The van der Waals surface area contributed by atoms with Gasteiger partial charge in [0.25, 0.3) is 6.47 Å². The van der Waals surface area contributed by atoms with Crippen LogP contribution >= 0.6 is 31.9 Å². The van der Waals surface area contributed by atoms with Gasteiger partial charge in [0.15, 0.2) is 0 Å². The summed E-state index contributed by atoms with van der Waals surface area (Å²) in [5, 5.41) is 39.6.